The Labute approximate surface area is 137 Å². The number of benzene rings is 1. The number of carbonyl (C=O) groups excluding carboxylic acids is 1. The van der Waals surface area contributed by atoms with E-state index in [-0.39, 0.29) is 17.6 Å². The highest BCUT2D eigenvalue weighted by Crippen LogP contribution is 2.34. The zero-order valence-electron chi connectivity index (χ0n) is 12.5. The topological polar surface area (TPSA) is 99.2 Å². The summed E-state index contributed by atoms with van der Waals surface area (Å²) >= 11 is 1.51. The van der Waals surface area contributed by atoms with Gasteiger partial charge in [-0.3, -0.25) is 4.79 Å². The van der Waals surface area contributed by atoms with Crippen molar-refractivity contribution in [1.29, 1.82) is 0 Å². The minimum Gasteiger partial charge on any atom is -0.476 e. The van der Waals surface area contributed by atoms with Crippen LogP contribution in [-0.2, 0) is 0 Å². The van der Waals surface area contributed by atoms with Crippen LogP contribution >= 0.6 is 11.8 Å². The first-order valence-electron chi connectivity index (χ1n) is 7.21. The molecule has 8 heteroatoms. The van der Waals surface area contributed by atoms with Crippen molar-refractivity contribution in [2.24, 2.45) is 0 Å². The second kappa shape index (κ2) is 6.41. The van der Waals surface area contributed by atoms with Crippen molar-refractivity contribution in [3.05, 3.63) is 41.2 Å². The van der Waals surface area contributed by atoms with E-state index >= 15 is 0 Å². The van der Waals surface area contributed by atoms with Crippen LogP contribution in [0.4, 0.5) is 0 Å². The number of amides is 1. The lowest BCUT2D eigenvalue weighted by Crippen LogP contribution is -2.31. The minimum atomic E-state index is -1.14. The number of thioether (sulfide) groups is 1. The van der Waals surface area contributed by atoms with Crippen molar-refractivity contribution < 1.29 is 14.7 Å². The maximum atomic E-state index is 12.9. The fraction of sp³-hybridized carbons (Fsp3) is 0.333. The highest BCUT2D eigenvalue weighted by molar-refractivity contribution is 7.98. The lowest BCUT2D eigenvalue weighted by atomic mass is 10.1. The summed E-state index contributed by atoms with van der Waals surface area (Å²) in [6, 6.07) is 7.06. The van der Waals surface area contributed by atoms with Crippen LogP contribution in [0.15, 0.2) is 29.2 Å². The molecule has 7 nitrogen and oxygen atoms in total. The van der Waals surface area contributed by atoms with Gasteiger partial charge in [-0.1, -0.05) is 12.1 Å². The van der Waals surface area contributed by atoms with Crippen LogP contribution in [-0.4, -0.2) is 50.1 Å². The molecule has 1 saturated heterocycles. The van der Waals surface area contributed by atoms with Gasteiger partial charge >= 0.3 is 5.97 Å². The molecule has 1 aliphatic rings. The van der Waals surface area contributed by atoms with E-state index in [4.69, 9.17) is 0 Å². The van der Waals surface area contributed by atoms with Crippen molar-refractivity contribution in [1.82, 2.24) is 20.3 Å². The maximum absolute atomic E-state index is 12.9. The van der Waals surface area contributed by atoms with Crippen LogP contribution in [0.25, 0.3) is 0 Å². The molecular weight excluding hydrogens is 316 g/mol. The van der Waals surface area contributed by atoms with E-state index in [1.54, 1.807) is 11.0 Å². The monoisotopic (exact) mass is 332 g/mol. The molecule has 1 aromatic carbocycles. The fourth-order valence-electron chi connectivity index (χ4n) is 2.90. The van der Waals surface area contributed by atoms with Crippen molar-refractivity contribution >= 4 is 23.6 Å². The molecule has 0 spiro atoms. The summed E-state index contributed by atoms with van der Waals surface area (Å²) < 4.78 is 0. The van der Waals surface area contributed by atoms with Crippen molar-refractivity contribution in [3.63, 3.8) is 0 Å². The molecule has 0 bridgehead atoms. The molecule has 1 atom stereocenters. The van der Waals surface area contributed by atoms with Gasteiger partial charge in [-0.05, 0) is 31.2 Å². The van der Waals surface area contributed by atoms with Gasteiger partial charge in [0.2, 0.25) is 0 Å². The largest absolute Gasteiger partial charge is 0.476 e. The van der Waals surface area contributed by atoms with E-state index in [0.717, 1.165) is 11.3 Å². The third-order valence-electron chi connectivity index (χ3n) is 3.94. The molecule has 1 aliphatic heterocycles. The highest BCUT2D eigenvalue weighted by Gasteiger charge is 2.36. The van der Waals surface area contributed by atoms with Crippen molar-refractivity contribution in [2.45, 2.75) is 23.8 Å². The Kier molecular flexibility index (Phi) is 4.33. The van der Waals surface area contributed by atoms with Crippen LogP contribution in [0.2, 0.25) is 0 Å². The number of H-pyrrole nitrogens is 1. The molecule has 0 aliphatic carbocycles. The number of carboxylic acids is 1. The number of carbonyl (C=O) groups is 2. The third-order valence-corrected chi connectivity index (χ3v) is 4.74. The highest BCUT2D eigenvalue weighted by atomic mass is 32.2. The van der Waals surface area contributed by atoms with Gasteiger partial charge in [0.05, 0.1) is 11.6 Å². The van der Waals surface area contributed by atoms with Crippen LogP contribution < -0.4 is 0 Å². The van der Waals surface area contributed by atoms with E-state index in [1.165, 1.54) is 11.8 Å². The normalized spacial score (nSPS) is 17.4. The Balaban J connectivity index is 1.94. The van der Waals surface area contributed by atoms with Gasteiger partial charge < -0.3 is 10.0 Å². The second-order valence-electron chi connectivity index (χ2n) is 5.22. The number of hydrogen-bond acceptors (Lipinski definition) is 5. The molecule has 1 aromatic heterocycles. The van der Waals surface area contributed by atoms with Crippen LogP contribution in [0.5, 0.6) is 0 Å². The average Bonchev–Trinajstić information content (AvgIpc) is 3.22. The Morgan fingerprint density at radius 3 is 2.87 bits per heavy atom. The van der Waals surface area contributed by atoms with Gasteiger partial charge in [-0.25, -0.2) is 4.79 Å². The van der Waals surface area contributed by atoms with E-state index < -0.39 is 5.97 Å². The maximum Gasteiger partial charge on any atom is 0.358 e. The second-order valence-corrected chi connectivity index (χ2v) is 6.07. The zero-order chi connectivity index (χ0) is 16.4. The standard InChI is InChI=1S/C15H16N4O3S/c1-23-11-7-3-2-5-9(11)14(20)19-8-4-6-10(19)12-13(15(21)22)17-18-16-12/h2-3,5,7,10H,4,6,8H2,1H3,(H,21,22)(H,16,17,18). The number of likely N-dealkylation sites (tertiary alicyclic amines) is 1. The molecule has 3 rings (SSSR count). The summed E-state index contributed by atoms with van der Waals surface area (Å²) in [6.45, 7) is 0.581. The summed E-state index contributed by atoms with van der Waals surface area (Å²) in [5.74, 6) is -1.24. The Morgan fingerprint density at radius 2 is 2.13 bits per heavy atom. The first-order chi connectivity index (χ1) is 11.1. The first-order valence-corrected chi connectivity index (χ1v) is 8.44. The number of aromatic amines is 1. The molecule has 2 N–H and O–H groups in total. The predicted molar refractivity (Wildman–Crippen MR) is 84.6 cm³/mol. The van der Waals surface area contributed by atoms with Gasteiger partial charge in [-0.2, -0.15) is 10.3 Å². The Morgan fingerprint density at radius 1 is 1.35 bits per heavy atom. The van der Waals surface area contributed by atoms with Gasteiger partial charge in [-0.15, -0.1) is 16.9 Å². The Hall–Kier alpha value is -2.35. The number of rotatable bonds is 4. The summed E-state index contributed by atoms with van der Waals surface area (Å²) in [4.78, 5) is 26.8. The minimum absolute atomic E-state index is 0.100. The zero-order valence-corrected chi connectivity index (χ0v) is 13.3. The van der Waals surface area contributed by atoms with Crippen LogP contribution in [0, 0.1) is 0 Å². The number of nitrogens with one attached hydrogen (secondary N) is 1. The fourth-order valence-corrected chi connectivity index (χ4v) is 3.49. The summed E-state index contributed by atoms with van der Waals surface area (Å²) in [5.41, 5.74) is 0.838. The number of nitrogens with zero attached hydrogens (tertiary/aromatic N) is 3. The molecule has 1 unspecified atom stereocenters. The van der Waals surface area contributed by atoms with E-state index in [9.17, 15) is 14.7 Å². The van der Waals surface area contributed by atoms with Gasteiger partial charge in [0.15, 0.2) is 5.69 Å². The summed E-state index contributed by atoms with van der Waals surface area (Å²) in [5, 5.41) is 19.2. The number of aromatic carboxylic acids is 1. The van der Waals surface area contributed by atoms with Crippen LogP contribution in [0.1, 0.15) is 45.4 Å². The smallest absolute Gasteiger partial charge is 0.358 e. The number of hydrogen-bond donors (Lipinski definition) is 2. The molecule has 23 heavy (non-hydrogen) atoms. The Bertz CT molecular complexity index is 746. The third kappa shape index (κ3) is 2.81. The predicted octanol–water partition coefficient (Wildman–Crippen LogP) is 2.20. The van der Waals surface area contributed by atoms with Gasteiger partial charge in [0, 0.05) is 11.4 Å². The number of carboxylic acid groups (broad SMARTS) is 1. The molecule has 120 valence electrons. The number of aromatic nitrogens is 3. The molecular formula is C15H16N4O3S. The van der Waals surface area contributed by atoms with E-state index in [2.05, 4.69) is 15.4 Å². The van der Waals surface area contributed by atoms with Crippen molar-refractivity contribution in [2.75, 3.05) is 12.8 Å². The summed E-state index contributed by atoms with van der Waals surface area (Å²) in [7, 11) is 0. The molecule has 1 fully saturated rings. The summed E-state index contributed by atoms with van der Waals surface area (Å²) in [6.07, 6.45) is 3.41. The lowest BCUT2D eigenvalue weighted by Gasteiger charge is -2.24. The molecule has 0 saturated carbocycles. The molecule has 1 amide bonds. The molecule has 0 radical (unpaired) electrons. The molecule has 2 aromatic rings. The van der Waals surface area contributed by atoms with Gasteiger partial charge in [0.25, 0.3) is 5.91 Å². The van der Waals surface area contributed by atoms with E-state index in [0.29, 0.717) is 24.2 Å². The van der Waals surface area contributed by atoms with Gasteiger partial charge in [0.1, 0.15) is 5.69 Å². The first kappa shape index (κ1) is 15.5. The van der Waals surface area contributed by atoms with Crippen LogP contribution in [0.3, 0.4) is 0 Å². The van der Waals surface area contributed by atoms with E-state index in [1.807, 2.05) is 24.5 Å². The SMILES string of the molecule is CSc1ccccc1C(=O)N1CCCC1c1n[nH]nc1C(=O)O. The quantitative estimate of drug-likeness (QED) is 0.833. The van der Waals surface area contributed by atoms with Crippen molar-refractivity contribution in [3.8, 4) is 0 Å². The average molecular weight is 332 g/mol. The lowest BCUT2D eigenvalue weighted by molar-refractivity contribution is 0.0671. The molecule has 2 heterocycles.